The summed E-state index contributed by atoms with van der Waals surface area (Å²) in [4.78, 5) is 13.3. The lowest BCUT2D eigenvalue weighted by Gasteiger charge is -2.32. The largest absolute Gasteiger partial charge is 0.496 e. The highest BCUT2D eigenvalue weighted by atomic mass is 35.5. The van der Waals surface area contributed by atoms with E-state index < -0.39 is 22.0 Å². The van der Waals surface area contributed by atoms with E-state index in [0.29, 0.717) is 11.4 Å². The summed E-state index contributed by atoms with van der Waals surface area (Å²) in [6.07, 6.45) is 1.93. The Labute approximate surface area is 194 Å². The second-order valence-corrected chi connectivity index (χ2v) is 9.98. The van der Waals surface area contributed by atoms with Crippen LogP contribution in [0.15, 0.2) is 36.4 Å². The van der Waals surface area contributed by atoms with Crippen molar-refractivity contribution in [3.05, 3.63) is 57.6 Å². The van der Waals surface area contributed by atoms with E-state index in [-0.39, 0.29) is 23.2 Å². The molecular formula is C22H28Cl2N2O4S. The van der Waals surface area contributed by atoms with Crippen molar-refractivity contribution >= 4 is 44.8 Å². The first-order valence-corrected chi connectivity index (χ1v) is 12.5. The van der Waals surface area contributed by atoms with Crippen LogP contribution in [0.3, 0.4) is 0 Å². The third kappa shape index (κ3) is 6.05. The first-order valence-electron chi connectivity index (χ1n) is 9.92. The first-order chi connectivity index (χ1) is 14.5. The molecule has 0 bridgehead atoms. The molecule has 0 radical (unpaired) electrons. The maximum absolute atomic E-state index is 13.3. The quantitative estimate of drug-likeness (QED) is 0.533. The molecule has 2 aromatic carbocycles. The number of amides is 1. The van der Waals surface area contributed by atoms with E-state index in [1.165, 1.54) is 12.1 Å². The smallest absolute Gasteiger partial charge is 0.244 e. The molecular weight excluding hydrogens is 459 g/mol. The molecule has 0 aliphatic carbocycles. The van der Waals surface area contributed by atoms with Crippen LogP contribution >= 0.6 is 23.2 Å². The number of hydrogen-bond acceptors (Lipinski definition) is 4. The molecule has 170 valence electrons. The molecule has 0 aliphatic heterocycles. The Morgan fingerprint density at radius 2 is 1.81 bits per heavy atom. The summed E-state index contributed by atoms with van der Waals surface area (Å²) in [7, 11) is -2.22. The number of ether oxygens (including phenoxy) is 1. The van der Waals surface area contributed by atoms with Gasteiger partial charge >= 0.3 is 0 Å². The molecule has 0 aromatic heterocycles. The maximum Gasteiger partial charge on any atom is 0.244 e. The Bertz CT molecular complexity index is 1040. The van der Waals surface area contributed by atoms with Gasteiger partial charge in [-0.05, 0) is 55.2 Å². The Kier molecular flexibility index (Phi) is 8.63. The zero-order valence-electron chi connectivity index (χ0n) is 18.3. The number of sulfonamides is 1. The number of anilines is 1. The van der Waals surface area contributed by atoms with Crippen molar-refractivity contribution in [1.29, 1.82) is 0 Å². The lowest BCUT2D eigenvalue weighted by molar-refractivity contribution is -0.123. The second-order valence-electron chi connectivity index (χ2n) is 7.28. The minimum Gasteiger partial charge on any atom is -0.496 e. The van der Waals surface area contributed by atoms with Crippen LogP contribution in [0.1, 0.15) is 43.9 Å². The van der Waals surface area contributed by atoms with Crippen LogP contribution in [0.25, 0.3) is 0 Å². The lowest BCUT2D eigenvalue weighted by atomic mass is 10.0. The SMILES string of the molecule is CC[C@@H](NC(=O)[C@H](CC)N(c1cc(Cl)ccc1Cl)S(C)(=O)=O)c1ccc(OC)c(C)c1. The fourth-order valence-electron chi connectivity index (χ4n) is 3.50. The van der Waals surface area contributed by atoms with Gasteiger partial charge in [-0.2, -0.15) is 0 Å². The van der Waals surface area contributed by atoms with Crippen LogP contribution in [-0.4, -0.2) is 33.7 Å². The van der Waals surface area contributed by atoms with Gasteiger partial charge in [0.15, 0.2) is 0 Å². The number of halogens is 2. The van der Waals surface area contributed by atoms with Crippen LogP contribution in [0.2, 0.25) is 10.0 Å². The maximum atomic E-state index is 13.3. The summed E-state index contributed by atoms with van der Waals surface area (Å²) in [6, 6.07) is 8.95. The molecule has 2 rings (SSSR count). The van der Waals surface area contributed by atoms with Gasteiger partial charge in [-0.1, -0.05) is 49.2 Å². The predicted molar refractivity (Wildman–Crippen MR) is 127 cm³/mol. The molecule has 0 spiro atoms. The molecule has 0 saturated carbocycles. The van der Waals surface area contributed by atoms with Crippen molar-refractivity contribution in [2.45, 2.75) is 45.7 Å². The van der Waals surface area contributed by atoms with Crippen molar-refractivity contribution in [2.24, 2.45) is 0 Å². The third-order valence-corrected chi connectivity index (χ3v) is 6.74. The number of methoxy groups -OCH3 is 1. The van der Waals surface area contributed by atoms with E-state index in [9.17, 15) is 13.2 Å². The zero-order valence-corrected chi connectivity index (χ0v) is 20.6. The number of hydrogen-bond donors (Lipinski definition) is 1. The number of benzene rings is 2. The van der Waals surface area contributed by atoms with Crippen molar-refractivity contribution in [3.63, 3.8) is 0 Å². The second kappa shape index (κ2) is 10.6. The van der Waals surface area contributed by atoms with Gasteiger partial charge in [0.25, 0.3) is 0 Å². The van der Waals surface area contributed by atoms with Gasteiger partial charge in [0, 0.05) is 5.02 Å². The fraction of sp³-hybridized carbons (Fsp3) is 0.409. The average Bonchev–Trinajstić information content (AvgIpc) is 2.71. The van der Waals surface area contributed by atoms with Crippen LogP contribution in [0.4, 0.5) is 5.69 Å². The third-order valence-electron chi connectivity index (χ3n) is 5.02. The Balaban J connectivity index is 2.41. The zero-order chi connectivity index (χ0) is 23.3. The van der Waals surface area contributed by atoms with Crippen LogP contribution in [0, 0.1) is 6.92 Å². The molecule has 0 heterocycles. The van der Waals surface area contributed by atoms with Crippen molar-refractivity contribution in [2.75, 3.05) is 17.7 Å². The highest BCUT2D eigenvalue weighted by Crippen LogP contribution is 2.33. The standard InChI is InChI=1S/C22H28Cl2N2O4S/c1-6-18(15-8-11-21(30-4)14(3)12-15)25-22(27)19(7-2)26(31(5,28)29)20-13-16(23)9-10-17(20)24/h8-13,18-19H,6-7H2,1-5H3,(H,25,27)/t18-,19+/m1/s1. The van der Waals surface area contributed by atoms with Crippen LogP contribution in [0.5, 0.6) is 5.75 Å². The van der Waals surface area contributed by atoms with E-state index in [0.717, 1.165) is 27.4 Å². The van der Waals surface area contributed by atoms with Crippen LogP contribution in [-0.2, 0) is 14.8 Å². The molecule has 6 nitrogen and oxygen atoms in total. The van der Waals surface area contributed by atoms with Gasteiger partial charge in [0.2, 0.25) is 15.9 Å². The van der Waals surface area contributed by atoms with E-state index in [1.54, 1.807) is 20.1 Å². The highest BCUT2D eigenvalue weighted by molar-refractivity contribution is 7.92. The van der Waals surface area contributed by atoms with Crippen molar-refractivity contribution in [1.82, 2.24) is 5.32 Å². The monoisotopic (exact) mass is 486 g/mol. The van der Waals surface area contributed by atoms with E-state index in [4.69, 9.17) is 27.9 Å². The minimum atomic E-state index is -3.82. The van der Waals surface area contributed by atoms with Crippen molar-refractivity contribution in [3.8, 4) is 5.75 Å². The highest BCUT2D eigenvalue weighted by Gasteiger charge is 2.34. The predicted octanol–water partition coefficient (Wildman–Crippen LogP) is 5.12. The summed E-state index contributed by atoms with van der Waals surface area (Å²) in [6.45, 7) is 5.63. The van der Waals surface area contributed by atoms with Gasteiger partial charge in [-0.25, -0.2) is 8.42 Å². The number of nitrogens with zero attached hydrogens (tertiary/aromatic N) is 1. The molecule has 0 fully saturated rings. The summed E-state index contributed by atoms with van der Waals surface area (Å²) >= 11 is 12.3. The summed E-state index contributed by atoms with van der Waals surface area (Å²) in [5.74, 6) is 0.347. The molecule has 31 heavy (non-hydrogen) atoms. The minimum absolute atomic E-state index is 0.173. The normalized spacial score (nSPS) is 13.4. The van der Waals surface area contributed by atoms with Crippen molar-refractivity contribution < 1.29 is 17.9 Å². The van der Waals surface area contributed by atoms with Gasteiger partial charge in [0.05, 0.1) is 30.1 Å². The molecule has 0 aliphatic rings. The molecule has 1 amide bonds. The number of carbonyl (C=O) groups is 1. The Morgan fingerprint density at radius 3 is 2.32 bits per heavy atom. The number of carbonyl (C=O) groups excluding carboxylic acids is 1. The van der Waals surface area contributed by atoms with E-state index in [1.807, 2.05) is 32.0 Å². The topological polar surface area (TPSA) is 75.7 Å². The van der Waals surface area contributed by atoms with Gasteiger partial charge in [-0.3, -0.25) is 9.10 Å². The van der Waals surface area contributed by atoms with E-state index >= 15 is 0 Å². The molecule has 2 atom stereocenters. The summed E-state index contributed by atoms with van der Waals surface area (Å²) in [5.41, 5.74) is 2.03. The first kappa shape index (κ1) is 25.3. The Hall–Kier alpha value is -1.96. The number of rotatable bonds is 9. The summed E-state index contributed by atoms with van der Waals surface area (Å²) < 4.78 is 31.7. The molecule has 1 N–H and O–H groups in total. The number of aryl methyl sites for hydroxylation is 1. The van der Waals surface area contributed by atoms with E-state index in [2.05, 4.69) is 5.32 Å². The molecule has 9 heteroatoms. The summed E-state index contributed by atoms with van der Waals surface area (Å²) in [5, 5.41) is 3.51. The van der Waals surface area contributed by atoms with Gasteiger partial charge in [0.1, 0.15) is 11.8 Å². The average molecular weight is 487 g/mol. The molecule has 2 aromatic rings. The molecule has 0 unspecified atom stereocenters. The lowest BCUT2D eigenvalue weighted by Crippen LogP contribution is -2.50. The van der Waals surface area contributed by atoms with Crippen LogP contribution < -0.4 is 14.4 Å². The number of nitrogens with one attached hydrogen (secondary N) is 1. The Morgan fingerprint density at radius 1 is 1.13 bits per heavy atom. The van der Waals surface area contributed by atoms with Gasteiger partial charge in [-0.15, -0.1) is 0 Å². The fourth-order valence-corrected chi connectivity index (χ4v) is 5.14. The van der Waals surface area contributed by atoms with Gasteiger partial charge < -0.3 is 10.1 Å². The molecule has 0 saturated heterocycles.